The van der Waals surface area contributed by atoms with E-state index < -0.39 is 20.7 Å². The molecule has 0 atom stereocenters. The molecular weight excluding hydrogens is 350 g/mol. The Morgan fingerprint density at radius 3 is 2.48 bits per heavy atom. The Labute approximate surface area is 141 Å². The van der Waals surface area contributed by atoms with Crippen LogP contribution in [0.5, 0.6) is 5.75 Å². The second-order valence-electron chi connectivity index (χ2n) is 5.20. The van der Waals surface area contributed by atoms with Crippen LogP contribution >= 0.6 is 0 Å². The van der Waals surface area contributed by atoms with Gasteiger partial charge in [-0.3, -0.25) is 10.1 Å². The molecule has 0 aliphatic carbocycles. The molecule has 0 saturated carbocycles. The molecule has 1 heterocycles. The van der Waals surface area contributed by atoms with Crippen LogP contribution in [0.4, 0.5) is 5.69 Å². The minimum Gasteiger partial charge on any atom is -0.423 e. The Morgan fingerprint density at radius 1 is 1.08 bits per heavy atom. The number of hydrogen-bond acceptors (Lipinski definition) is 7. The third kappa shape index (κ3) is 3.36. The Kier molecular flexibility index (Phi) is 4.01. The van der Waals surface area contributed by atoms with Crippen LogP contribution in [0.1, 0.15) is 5.56 Å². The van der Waals surface area contributed by atoms with Gasteiger partial charge in [0.15, 0.2) is 0 Å². The molecule has 9 heteroatoms. The highest BCUT2D eigenvalue weighted by Gasteiger charge is 2.21. The average molecular weight is 361 g/mol. The van der Waals surface area contributed by atoms with Crippen LogP contribution < -0.4 is 9.81 Å². The van der Waals surface area contributed by atoms with Crippen LogP contribution in [0.15, 0.2) is 62.6 Å². The van der Waals surface area contributed by atoms with E-state index in [4.69, 9.17) is 8.60 Å². The summed E-state index contributed by atoms with van der Waals surface area (Å²) in [4.78, 5) is 21.2. The number of aryl methyl sites for hydroxylation is 1. The Hall–Kier alpha value is -3.20. The molecule has 0 amide bonds. The molecule has 0 saturated heterocycles. The number of nitrogens with zero attached hydrogens (tertiary/aromatic N) is 1. The molecule has 0 aliphatic heterocycles. The van der Waals surface area contributed by atoms with Gasteiger partial charge in [-0.25, -0.2) is 4.79 Å². The molecule has 0 N–H and O–H groups in total. The molecule has 1 aromatic heterocycles. The van der Waals surface area contributed by atoms with Crippen molar-refractivity contribution in [2.45, 2.75) is 11.8 Å². The summed E-state index contributed by atoms with van der Waals surface area (Å²) in [5.74, 6) is -0.0420. The summed E-state index contributed by atoms with van der Waals surface area (Å²) in [7, 11) is -4.21. The smallest absolute Gasteiger partial charge is 0.339 e. The highest BCUT2D eigenvalue weighted by atomic mass is 32.2. The largest absolute Gasteiger partial charge is 0.423 e. The minimum absolute atomic E-state index is 0.0420. The van der Waals surface area contributed by atoms with Crippen LogP contribution in [-0.4, -0.2) is 13.3 Å². The van der Waals surface area contributed by atoms with E-state index in [2.05, 4.69) is 0 Å². The molecular formula is C16H11NO7S. The number of fused-ring (bicyclic) bond motifs is 1. The lowest BCUT2D eigenvalue weighted by atomic mass is 10.2. The van der Waals surface area contributed by atoms with E-state index in [0.29, 0.717) is 5.39 Å². The monoisotopic (exact) mass is 361 g/mol. The van der Waals surface area contributed by atoms with Gasteiger partial charge in [0.05, 0.1) is 4.92 Å². The molecule has 2 aromatic carbocycles. The van der Waals surface area contributed by atoms with Crippen molar-refractivity contribution in [3.8, 4) is 5.75 Å². The van der Waals surface area contributed by atoms with Crippen molar-refractivity contribution in [2.24, 2.45) is 0 Å². The van der Waals surface area contributed by atoms with Gasteiger partial charge in [-0.05, 0) is 36.8 Å². The third-order valence-electron chi connectivity index (χ3n) is 3.44. The van der Waals surface area contributed by atoms with Gasteiger partial charge in [0.2, 0.25) is 0 Å². The third-order valence-corrected chi connectivity index (χ3v) is 4.85. The number of rotatable bonds is 4. The van der Waals surface area contributed by atoms with Crippen molar-refractivity contribution in [3.63, 3.8) is 0 Å². The number of nitro benzene ring substituents is 1. The number of non-ortho nitro benzene ring substituents is 1. The zero-order valence-corrected chi connectivity index (χ0v) is 13.6. The molecule has 0 aliphatic rings. The maximum atomic E-state index is 12.4. The molecule has 0 fully saturated rings. The molecule has 3 aromatic rings. The molecule has 0 radical (unpaired) electrons. The van der Waals surface area contributed by atoms with Gasteiger partial charge in [-0.15, -0.1) is 0 Å². The fourth-order valence-corrected chi connectivity index (χ4v) is 3.43. The van der Waals surface area contributed by atoms with Crippen molar-refractivity contribution in [2.75, 3.05) is 0 Å². The van der Waals surface area contributed by atoms with E-state index in [9.17, 15) is 23.3 Å². The predicted molar refractivity (Wildman–Crippen MR) is 88.1 cm³/mol. The van der Waals surface area contributed by atoms with Crippen LogP contribution in [0.3, 0.4) is 0 Å². The summed E-state index contributed by atoms with van der Waals surface area (Å²) in [6.07, 6.45) is 0. The normalized spacial score (nSPS) is 11.4. The van der Waals surface area contributed by atoms with Gasteiger partial charge in [0.1, 0.15) is 16.2 Å². The molecule has 8 nitrogen and oxygen atoms in total. The van der Waals surface area contributed by atoms with Crippen LogP contribution in [0.25, 0.3) is 11.0 Å². The van der Waals surface area contributed by atoms with E-state index >= 15 is 0 Å². The highest BCUT2D eigenvalue weighted by Crippen LogP contribution is 2.26. The summed E-state index contributed by atoms with van der Waals surface area (Å²) in [5.41, 5.74) is -0.426. The molecule has 128 valence electrons. The number of nitro groups is 1. The van der Waals surface area contributed by atoms with Gasteiger partial charge in [0, 0.05) is 29.7 Å². The fraction of sp³-hybridized carbons (Fsp3) is 0.0625. The van der Waals surface area contributed by atoms with Crippen molar-refractivity contribution in [1.29, 1.82) is 0 Å². The zero-order valence-electron chi connectivity index (χ0n) is 12.8. The van der Waals surface area contributed by atoms with Crippen LogP contribution in [0.2, 0.25) is 0 Å². The number of benzene rings is 2. The molecule has 0 bridgehead atoms. The van der Waals surface area contributed by atoms with Gasteiger partial charge < -0.3 is 8.60 Å². The summed E-state index contributed by atoms with van der Waals surface area (Å²) < 4.78 is 34.9. The lowest BCUT2D eigenvalue weighted by molar-refractivity contribution is -0.385. The topological polar surface area (TPSA) is 117 Å². The van der Waals surface area contributed by atoms with E-state index in [1.54, 1.807) is 12.1 Å². The maximum absolute atomic E-state index is 12.4. The number of hydrogen-bond donors (Lipinski definition) is 0. The summed E-state index contributed by atoms with van der Waals surface area (Å²) in [6.45, 7) is 1.43. The van der Waals surface area contributed by atoms with Crippen molar-refractivity contribution >= 4 is 26.8 Å². The Morgan fingerprint density at radius 2 is 1.80 bits per heavy atom. The van der Waals surface area contributed by atoms with E-state index in [1.165, 1.54) is 25.1 Å². The summed E-state index contributed by atoms with van der Waals surface area (Å²) in [5, 5.41) is 11.4. The first-order chi connectivity index (χ1) is 11.8. The van der Waals surface area contributed by atoms with Gasteiger partial charge >= 0.3 is 15.7 Å². The molecule has 3 rings (SSSR count). The first-order valence-corrected chi connectivity index (χ1v) is 8.40. The lowest BCUT2D eigenvalue weighted by Gasteiger charge is -2.09. The molecule has 25 heavy (non-hydrogen) atoms. The standard InChI is InChI=1S/C16H11NO7S/c1-10-8-12(17(19)20)4-6-15(10)25(21,22)24-13-5-2-11-3-7-16(18)23-14(11)9-13/h2-9H,1H3. The average Bonchev–Trinajstić information content (AvgIpc) is 2.53. The first-order valence-electron chi connectivity index (χ1n) is 7.00. The van der Waals surface area contributed by atoms with Crippen LogP contribution in [-0.2, 0) is 10.1 Å². The van der Waals surface area contributed by atoms with Gasteiger partial charge in [-0.2, -0.15) is 8.42 Å². The van der Waals surface area contributed by atoms with Gasteiger partial charge in [-0.1, -0.05) is 0 Å². The Bertz CT molecular complexity index is 1150. The van der Waals surface area contributed by atoms with E-state index in [0.717, 1.165) is 18.2 Å². The van der Waals surface area contributed by atoms with E-state index in [1.807, 2.05) is 0 Å². The maximum Gasteiger partial charge on any atom is 0.339 e. The Balaban J connectivity index is 1.99. The quantitative estimate of drug-likeness (QED) is 0.303. The SMILES string of the molecule is Cc1cc([N+](=O)[O-])ccc1S(=O)(=O)Oc1ccc2ccc(=O)oc2c1. The second kappa shape index (κ2) is 6.02. The molecule has 0 unspecified atom stereocenters. The summed E-state index contributed by atoms with van der Waals surface area (Å²) in [6, 6.07) is 10.4. The van der Waals surface area contributed by atoms with Crippen LogP contribution in [0, 0.1) is 17.0 Å². The van der Waals surface area contributed by atoms with Crippen molar-refractivity contribution in [1.82, 2.24) is 0 Å². The van der Waals surface area contributed by atoms with Gasteiger partial charge in [0.25, 0.3) is 5.69 Å². The predicted octanol–water partition coefficient (Wildman–Crippen LogP) is 2.78. The van der Waals surface area contributed by atoms with E-state index in [-0.39, 0.29) is 27.5 Å². The lowest BCUT2D eigenvalue weighted by Crippen LogP contribution is -2.11. The van der Waals surface area contributed by atoms with Crippen molar-refractivity contribution < 1.29 is 21.9 Å². The zero-order chi connectivity index (χ0) is 18.2. The molecule has 0 spiro atoms. The summed E-state index contributed by atoms with van der Waals surface area (Å²) >= 11 is 0. The highest BCUT2D eigenvalue weighted by molar-refractivity contribution is 7.87. The van der Waals surface area contributed by atoms with Crippen molar-refractivity contribution in [3.05, 3.63) is 74.6 Å². The fourth-order valence-electron chi connectivity index (χ4n) is 2.29. The minimum atomic E-state index is -4.21. The second-order valence-corrected chi connectivity index (χ2v) is 6.71. The first kappa shape index (κ1) is 16.7.